The Morgan fingerprint density at radius 1 is 1.38 bits per heavy atom. The molecule has 1 unspecified atom stereocenters. The molecule has 1 N–H and O–H groups in total. The molecule has 0 amide bonds. The maximum atomic E-state index is 5.69. The molecule has 0 aliphatic carbocycles. The van der Waals surface area contributed by atoms with Crippen LogP contribution in [0.1, 0.15) is 46.5 Å². The fourth-order valence-corrected chi connectivity index (χ4v) is 2.75. The predicted molar refractivity (Wildman–Crippen MR) is 85.9 cm³/mol. The molecule has 0 saturated carbocycles. The molecule has 5 heteroatoms. The number of hydrogen-bond acceptors (Lipinski definition) is 5. The first-order valence-electron chi connectivity index (χ1n) is 8.16. The summed E-state index contributed by atoms with van der Waals surface area (Å²) in [5.41, 5.74) is 0. The first-order valence-corrected chi connectivity index (χ1v) is 8.16. The third-order valence-electron chi connectivity index (χ3n) is 3.71. The van der Waals surface area contributed by atoms with Crippen LogP contribution in [0.2, 0.25) is 0 Å². The number of ether oxygens (including phenoxy) is 1. The van der Waals surface area contributed by atoms with Crippen molar-refractivity contribution in [2.24, 2.45) is 0 Å². The lowest BCUT2D eigenvalue weighted by Gasteiger charge is -2.37. The van der Waals surface area contributed by atoms with Crippen LogP contribution in [-0.2, 0) is 0 Å². The predicted octanol–water partition coefficient (Wildman–Crippen LogP) is 2.62. The number of anilines is 1. The summed E-state index contributed by atoms with van der Waals surface area (Å²) in [6.45, 7) is 9.40. The largest absolute Gasteiger partial charge is 0.475 e. The molecule has 0 radical (unpaired) electrons. The molecular weight excluding hydrogens is 264 g/mol. The van der Waals surface area contributed by atoms with Crippen molar-refractivity contribution in [3.8, 4) is 5.88 Å². The Bertz CT molecular complexity index is 424. The van der Waals surface area contributed by atoms with E-state index in [2.05, 4.69) is 27.1 Å². The van der Waals surface area contributed by atoms with Gasteiger partial charge in [-0.05, 0) is 46.1 Å². The van der Waals surface area contributed by atoms with Gasteiger partial charge in [0, 0.05) is 25.2 Å². The van der Waals surface area contributed by atoms with Crippen molar-refractivity contribution in [1.29, 1.82) is 0 Å². The molecule has 5 nitrogen and oxygen atoms in total. The number of piperidine rings is 1. The quantitative estimate of drug-likeness (QED) is 0.783. The lowest BCUT2D eigenvalue weighted by Crippen LogP contribution is -2.46. The number of nitrogens with one attached hydrogen (secondary N) is 1. The van der Waals surface area contributed by atoms with E-state index in [0.29, 0.717) is 11.9 Å². The fraction of sp³-hybridized carbons (Fsp3) is 0.750. The molecule has 1 aromatic rings. The Kier molecular flexibility index (Phi) is 6.23. The molecule has 1 aliphatic heterocycles. The van der Waals surface area contributed by atoms with Gasteiger partial charge in [0.1, 0.15) is 12.1 Å². The minimum Gasteiger partial charge on any atom is -0.475 e. The molecule has 0 aromatic carbocycles. The Morgan fingerprint density at radius 2 is 2.24 bits per heavy atom. The highest BCUT2D eigenvalue weighted by Crippen LogP contribution is 2.24. The SMILES string of the molecule is CCCNCC1CCCCN1c1cc(OC(C)C)ncn1. The second-order valence-corrected chi connectivity index (χ2v) is 5.93. The number of hydrogen-bond donors (Lipinski definition) is 1. The number of rotatable bonds is 7. The molecule has 0 spiro atoms. The lowest BCUT2D eigenvalue weighted by atomic mass is 10.0. The molecule has 1 fully saturated rings. The van der Waals surface area contributed by atoms with Crippen LogP contribution >= 0.6 is 0 Å². The second kappa shape index (κ2) is 8.17. The molecule has 21 heavy (non-hydrogen) atoms. The average Bonchev–Trinajstić information content (AvgIpc) is 2.48. The zero-order chi connectivity index (χ0) is 15.1. The van der Waals surface area contributed by atoms with Gasteiger partial charge in [0.2, 0.25) is 5.88 Å². The topological polar surface area (TPSA) is 50.3 Å². The minimum absolute atomic E-state index is 0.135. The summed E-state index contributed by atoms with van der Waals surface area (Å²) in [6, 6.07) is 2.49. The average molecular weight is 292 g/mol. The summed E-state index contributed by atoms with van der Waals surface area (Å²) in [7, 11) is 0. The Labute approximate surface area is 128 Å². The van der Waals surface area contributed by atoms with Gasteiger partial charge in [-0.15, -0.1) is 0 Å². The first kappa shape index (κ1) is 16.0. The molecule has 2 heterocycles. The summed E-state index contributed by atoms with van der Waals surface area (Å²) < 4.78 is 5.69. The van der Waals surface area contributed by atoms with Gasteiger partial charge in [-0.3, -0.25) is 0 Å². The third kappa shape index (κ3) is 4.84. The van der Waals surface area contributed by atoms with Crippen molar-refractivity contribution >= 4 is 5.82 Å². The monoisotopic (exact) mass is 292 g/mol. The van der Waals surface area contributed by atoms with Gasteiger partial charge in [0.25, 0.3) is 0 Å². The van der Waals surface area contributed by atoms with Crippen LogP contribution in [0.25, 0.3) is 0 Å². The van der Waals surface area contributed by atoms with E-state index in [1.54, 1.807) is 6.33 Å². The normalized spacial score (nSPS) is 19.0. The summed E-state index contributed by atoms with van der Waals surface area (Å²) >= 11 is 0. The van der Waals surface area contributed by atoms with E-state index >= 15 is 0 Å². The van der Waals surface area contributed by atoms with Gasteiger partial charge in [-0.25, -0.2) is 9.97 Å². The number of nitrogens with zero attached hydrogens (tertiary/aromatic N) is 3. The second-order valence-electron chi connectivity index (χ2n) is 5.93. The van der Waals surface area contributed by atoms with E-state index in [0.717, 1.165) is 25.5 Å². The van der Waals surface area contributed by atoms with Crippen molar-refractivity contribution in [1.82, 2.24) is 15.3 Å². The molecule has 2 rings (SSSR count). The van der Waals surface area contributed by atoms with Crippen LogP contribution in [0, 0.1) is 0 Å². The maximum absolute atomic E-state index is 5.69. The van der Waals surface area contributed by atoms with Gasteiger partial charge < -0.3 is 15.0 Å². The van der Waals surface area contributed by atoms with E-state index in [1.807, 2.05) is 19.9 Å². The minimum atomic E-state index is 0.135. The summed E-state index contributed by atoms with van der Waals surface area (Å²) in [6.07, 6.45) is 6.67. The van der Waals surface area contributed by atoms with Crippen LogP contribution < -0.4 is 15.0 Å². The molecule has 0 bridgehead atoms. The fourth-order valence-electron chi connectivity index (χ4n) is 2.75. The van der Waals surface area contributed by atoms with E-state index < -0.39 is 0 Å². The first-order chi connectivity index (χ1) is 10.2. The van der Waals surface area contributed by atoms with Crippen LogP contribution in [0.5, 0.6) is 5.88 Å². The maximum Gasteiger partial charge on any atom is 0.218 e. The highest BCUT2D eigenvalue weighted by Gasteiger charge is 2.23. The summed E-state index contributed by atoms with van der Waals surface area (Å²) in [5, 5.41) is 3.54. The van der Waals surface area contributed by atoms with E-state index in [-0.39, 0.29) is 6.10 Å². The van der Waals surface area contributed by atoms with Crippen LogP contribution in [-0.4, -0.2) is 41.7 Å². The van der Waals surface area contributed by atoms with E-state index in [9.17, 15) is 0 Å². The molecule has 1 atom stereocenters. The van der Waals surface area contributed by atoms with Crippen LogP contribution in [0.3, 0.4) is 0 Å². The highest BCUT2D eigenvalue weighted by atomic mass is 16.5. The van der Waals surface area contributed by atoms with Crippen molar-refractivity contribution in [3.05, 3.63) is 12.4 Å². The Balaban J connectivity index is 2.05. The Morgan fingerprint density at radius 3 is 3.00 bits per heavy atom. The van der Waals surface area contributed by atoms with Crippen LogP contribution in [0.4, 0.5) is 5.82 Å². The third-order valence-corrected chi connectivity index (χ3v) is 3.71. The van der Waals surface area contributed by atoms with Crippen molar-refractivity contribution in [2.45, 2.75) is 58.6 Å². The summed E-state index contributed by atoms with van der Waals surface area (Å²) in [5.74, 6) is 1.66. The summed E-state index contributed by atoms with van der Waals surface area (Å²) in [4.78, 5) is 11.1. The van der Waals surface area contributed by atoms with Crippen molar-refractivity contribution < 1.29 is 4.74 Å². The standard InChI is InChI=1S/C16H28N4O/c1-4-8-17-11-14-7-5-6-9-20(14)15-10-16(19-12-18-15)21-13(2)3/h10,12-14,17H,4-9,11H2,1-3H3. The van der Waals surface area contributed by atoms with Crippen LogP contribution in [0.15, 0.2) is 12.4 Å². The van der Waals surface area contributed by atoms with Gasteiger partial charge in [0.15, 0.2) is 0 Å². The van der Waals surface area contributed by atoms with E-state index in [4.69, 9.17) is 4.74 Å². The molecule has 1 saturated heterocycles. The molecule has 1 aliphatic rings. The van der Waals surface area contributed by atoms with Gasteiger partial charge >= 0.3 is 0 Å². The van der Waals surface area contributed by atoms with Gasteiger partial charge in [-0.2, -0.15) is 0 Å². The molecular formula is C16H28N4O. The molecule has 1 aromatic heterocycles. The number of aromatic nitrogens is 2. The van der Waals surface area contributed by atoms with Gasteiger partial charge in [0.05, 0.1) is 6.10 Å². The Hall–Kier alpha value is -1.36. The highest BCUT2D eigenvalue weighted by molar-refractivity contribution is 5.42. The van der Waals surface area contributed by atoms with E-state index in [1.165, 1.54) is 25.7 Å². The lowest BCUT2D eigenvalue weighted by molar-refractivity contribution is 0.232. The zero-order valence-corrected chi connectivity index (χ0v) is 13.5. The van der Waals surface area contributed by atoms with Gasteiger partial charge in [-0.1, -0.05) is 6.92 Å². The smallest absolute Gasteiger partial charge is 0.218 e. The molecule has 118 valence electrons. The van der Waals surface area contributed by atoms with Crippen molar-refractivity contribution in [2.75, 3.05) is 24.5 Å². The zero-order valence-electron chi connectivity index (χ0n) is 13.5. The van der Waals surface area contributed by atoms with Crippen molar-refractivity contribution in [3.63, 3.8) is 0 Å².